The summed E-state index contributed by atoms with van der Waals surface area (Å²) >= 11 is 0. The third-order valence-electron chi connectivity index (χ3n) is 4.82. The van der Waals surface area contributed by atoms with Gasteiger partial charge in [0.25, 0.3) is 0 Å². The number of aromatic amines is 1. The lowest BCUT2D eigenvalue weighted by atomic mass is 9.84. The van der Waals surface area contributed by atoms with Gasteiger partial charge in [0.15, 0.2) is 5.82 Å². The average Bonchev–Trinajstić information content (AvgIpc) is 3.34. The molecule has 1 aromatic heterocycles. The van der Waals surface area contributed by atoms with E-state index in [0.29, 0.717) is 24.8 Å². The van der Waals surface area contributed by atoms with Crippen molar-refractivity contribution in [2.75, 3.05) is 19.5 Å². The maximum Gasteiger partial charge on any atom is 0.226 e. The number of methoxy groups -OCH3 is 2. The topological polar surface area (TPSA) is 76.2 Å². The van der Waals surface area contributed by atoms with Crippen molar-refractivity contribution in [2.45, 2.75) is 37.7 Å². The lowest BCUT2D eigenvalue weighted by Gasteiger charge is -2.24. The number of hydrogen-bond acceptors (Lipinski definition) is 4. The maximum absolute atomic E-state index is 12.1. The van der Waals surface area contributed by atoms with Crippen LogP contribution in [0.25, 0.3) is 0 Å². The molecule has 1 aliphatic carbocycles. The van der Waals surface area contributed by atoms with Crippen LogP contribution in [0.1, 0.15) is 53.5 Å². The third kappa shape index (κ3) is 2.57. The second-order valence-electron chi connectivity index (χ2n) is 6.48. The molecule has 0 spiro atoms. The van der Waals surface area contributed by atoms with Gasteiger partial charge in [-0.1, -0.05) is 6.07 Å². The normalized spacial score (nSPS) is 19.8. The van der Waals surface area contributed by atoms with Crippen molar-refractivity contribution in [3.05, 3.63) is 40.6 Å². The number of aromatic nitrogens is 2. The first-order valence-corrected chi connectivity index (χ1v) is 8.25. The molecular formula is C18H21N3O3. The average molecular weight is 327 g/mol. The molecule has 0 bridgehead atoms. The summed E-state index contributed by atoms with van der Waals surface area (Å²) in [5, 5.41) is 10.4. The molecule has 2 heterocycles. The van der Waals surface area contributed by atoms with Crippen LogP contribution in [0.2, 0.25) is 0 Å². The lowest BCUT2D eigenvalue weighted by molar-refractivity contribution is -0.116. The van der Waals surface area contributed by atoms with Crippen molar-refractivity contribution in [3.63, 3.8) is 0 Å². The molecule has 1 aliphatic heterocycles. The van der Waals surface area contributed by atoms with Crippen molar-refractivity contribution >= 4 is 11.7 Å². The first-order valence-electron chi connectivity index (χ1n) is 8.25. The molecule has 1 amide bonds. The Kier molecular flexibility index (Phi) is 3.76. The minimum Gasteiger partial charge on any atom is -0.496 e. The Balaban J connectivity index is 1.78. The van der Waals surface area contributed by atoms with Crippen LogP contribution < -0.4 is 10.1 Å². The van der Waals surface area contributed by atoms with Crippen LogP contribution in [0.15, 0.2) is 18.2 Å². The van der Waals surface area contributed by atoms with Gasteiger partial charge in [-0.15, -0.1) is 0 Å². The maximum atomic E-state index is 12.1. The molecule has 1 saturated carbocycles. The zero-order valence-corrected chi connectivity index (χ0v) is 13.9. The van der Waals surface area contributed by atoms with Gasteiger partial charge in [0, 0.05) is 42.2 Å². The molecule has 0 radical (unpaired) electrons. The summed E-state index contributed by atoms with van der Waals surface area (Å²) in [6.45, 7) is 0.476. The van der Waals surface area contributed by atoms with Gasteiger partial charge < -0.3 is 14.8 Å². The van der Waals surface area contributed by atoms with Gasteiger partial charge in [0.2, 0.25) is 5.91 Å². The third-order valence-corrected chi connectivity index (χ3v) is 4.82. The molecule has 2 aliphatic rings. The number of ether oxygens (including phenoxy) is 2. The van der Waals surface area contributed by atoms with E-state index in [1.807, 2.05) is 12.1 Å². The summed E-state index contributed by atoms with van der Waals surface area (Å²) in [5.41, 5.74) is 4.41. The molecule has 6 heteroatoms. The Morgan fingerprint density at radius 2 is 2.12 bits per heavy atom. The van der Waals surface area contributed by atoms with E-state index in [4.69, 9.17) is 9.47 Å². The summed E-state index contributed by atoms with van der Waals surface area (Å²) in [5.74, 6) is 2.06. The first kappa shape index (κ1) is 15.2. The smallest absolute Gasteiger partial charge is 0.226 e. The zero-order chi connectivity index (χ0) is 16.7. The minimum atomic E-state index is 0.00505. The number of H-pyrrole nitrogens is 1. The van der Waals surface area contributed by atoms with E-state index in [9.17, 15) is 4.79 Å². The van der Waals surface area contributed by atoms with Crippen LogP contribution in [0.4, 0.5) is 5.82 Å². The highest BCUT2D eigenvalue weighted by molar-refractivity contribution is 5.94. The molecule has 0 saturated heterocycles. The Bertz CT molecular complexity index is 780. The second-order valence-corrected chi connectivity index (χ2v) is 6.48. The van der Waals surface area contributed by atoms with Crippen LogP contribution >= 0.6 is 0 Å². The fourth-order valence-corrected chi connectivity index (χ4v) is 3.53. The summed E-state index contributed by atoms with van der Waals surface area (Å²) in [6, 6.07) is 6.07. The zero-order valence-electron chi connectivity index (χ0n) is 13.9. The van der Waals surface area contributed by atoms with Crippen LogP contribution in [-0.4, -0.2) is 30.3 Å². The number of benzene rings is 1. The first-order chi connectivity index (χ1) is 11.7. The van der Waals surface area contributed by atoms with Gasteiger partial charge in [-0.2, -0.15) is 5.10 Å². The molecule has 126 valence electrons. The number of anilines is 1. The quantitative estimate of drug-likeness (QED) is 0.885. The molecule has 4 rings (SSSR count). The molecule has 24 heavy (non-hydrogen) atoms. The van der Waals surface area contributed by atoms with Crippen LogP contribution in [-0.2, 0) is 16.1 Å². The molecule has 1 atom stereocenters. The lowest BCUT2D eigenvalue weighted by Crippen LogP contribution is -2.23. The van der Waals surface area contributed by atoms with Crippen molar-refractivity contribution in [3.8, 4) is 5.75 Å². The highest BCUT2D eigenvalue weighted by Crippen LogP contribution is 2.47. The number of carbonyl (C=O) groups excluding carboxylic acids is 1. The van der Waals surface area contributed by atoms with Crippen LogP contribution in [0, 0.1) is 0 Å². The van der Waals surface area contributed by atoms with E-state index in [2.05, 4.69) is 21.6 Å². The standard InChI is InChI=1S/C18H21N3O3/c1-23-9-12-7-11(5-6-14(12)24-2)13-8-15(22)19-18-16(13)17(20-21-18)10-3-4-10/h5-7,10,13H,3-4,8-9H2,1-2H3,(H2,19,20,21,22). The number of nitrogens with zero attached hydrogens (tertiary/aromatic N) is 1. The van der Waals surface area contributed by atoms with E-state index in [-0.39, 0.29) is 11.8 Å². The Morgan fingerprint density at radius 3 is 2.83 bits per heavy atom. The van der Waals surface area contributed by atoms with Crippen LogP contribution in [0.3, 0.4) is 0 Å². The monoisotopic (exact) mass is 327 g/mol. The van der Waals surface area contributed by atoms with Crippen molar-refractivity contribution in [1.82, 2.24) is 10.2 Å². The van der Waals surface area contributed by atoms with E-state index < -0.39 is 0 Å². The van der Waals surface area contributed by atoms with Crippen molar-refractivity contribution < 1.29 is 14.3 Å². The van der Waals surface area contributed by atoms with E-state index >= 15 is 0 Å². The summed E-state index contributed by atoms with van der Waals surface area (Å²) < 4.78 is 10.7. The molecule has 1 unspecified atom stereocenters. The van der Waals surface area contributed by atoms with E-state index in [1.165, 1.54) is 18.5 Å². The van der Waals surface area contributed by atoms with Crippen LogP contribution in [0.5, 0.6) is 5.75 Å². The molecule has 2 N–H and O–H groups in total. The molecular weight excluding hydrogens is 306 g/mol. The highest BCUT2D eigenvalue weighted by Gasteiger charge is 2.37. The summed E-state index contributed by atoms with van der Waals surface area (Å²) in [4.78, 5) is 12.1. The molecule has 1 aromatic carbocycles. The summed E-state index contributed by atoms with van der Waals surface area (Å²) in [6.07, 6.45) is 2.81. The number of rotatable bonds is 5. The molecule has 1 fully saturated rings. The fraction of sp³-hybridized carbons (Fsp3) is 0.444. The predicted molar refractivity (Wildman–Crippen MR) is 89.4 cm³/mol. The Labute approximate surface area is 140 Å². The van der Waals surface area contributed by atoms with E-state index in [1.54, 1.807) is 14.2 Å². The van der Waals surface area contributed by atoms with Gasteiger partial charge in [0.05, 0.1) is 13.7 Å². The fourth-order valence-electron chi connectivity index (χ4n) is 3.53. The van der Waals surface area contributed by atoms with Gasteiger partial charge >= 0.3 is 0 Å². The van der Waals surface area contributed by atoms with E-state index in [0.717, 1.165) is 22.4 Å². The van der Waals surface area contributed by atoms with Gasteiger partial charge in [-0.25, -0.2) is 0 Å². The highest BCUT2D eigenvalue weighted by atomic mass is 16.5. The number of amides is 1. The Hall–Kier alpha value is -2.34. The number of fused-ring (bicyclic) bond motifs is 1. The van der Waals surface area contributed by atoms with Gasteiger partial charge in [0.1, 0.15) is 5.75 Å². The molecule has 2 aromatic rings. The molecule has 6 nitrogen and oxygen atoms in total. The Morgan fingerprint density at radius 1 is 1.29 bits per heavy atom. The predicted octanol–water partition coefficient (Wildman–Crippen LogP) is 2.92. The second kappa shape index (κ2) is 5.94. The number of nitrogens with one attached hydrogen (secondary N) is 2. The van der Waals surface area contributed by atoms with Crippen molar-refractivity contribution in [2.24, 2.45) is 0 Å². The van der Waals surface area contributed by atoms with Gasteiger partial charge in [-0.05, 0) is 30.5 Å². The minimum absolute atomic E-state index is 0.00505. The summed E-state index contributed by atoms with van der Waals surface area (Å²) in [7, 11) is 3.32. The number of hydrogen-bond donors (Lipinski definition) is 2. The van der Waals surface area contributed by atoms with Crippen molar-refractivity contribution in [1.29, 1.82) is 0 Å². The number of carbonyl (C=O) groups is 1. The SMILES string of the molecule is COCc1cc(C2CC(=O)Nc3n[nH]c(C4CC4)c32)ccc1OC. The largest absolute Gasteiger partial charge is 0.496 e. The van der Waals surface area contributed by atoms with Gasteiger partial charge in [-0.3, -0.25) is 9.89 Å².